The van der Waals surface area contributed by atoms with Gasteiger partial charge in [-0.25, -0.2) is 0 Å². The van der Waals surface area contributed by atoms with Gasteiger partial charge in [0.25, 0.3) is 0 Å². The molecule has 2 aliphatic rings. The summed E-state index contributed by atoms with van der Waals surface area (Å²) < 4.78 is 34.4. The second-order valence-corrected chi connectivity index (χ2v) is 6.41. The Bertz CT molecular complexity index is 699. The minimum atomic E-state index is -3.16. The molecule has 3 rings (SSSR count). The lowest BCUT2D eigenvalue weighted by Gasteiger charge is -2.26. The van der Waals surface area contributed by atoms with Gasteiger partial charge in [0, 0.05) is 30.9 Å². The van der Waals surface area contributed by atoms with Crippen LogP contribution < -0.4 is 9.64 Å². The van der Waals surface area contributed by atoms with Crippen LogP contribution in [-0.2, 0) is 9.53 Å². The zero-order chi connectivity index (χ0) is 18.2. The van der Waals surface area contributed by atoms with Crippen molar-refractivity contribution in [2.24, 2.45) is 11.3 Å². The molecule has 0 radical (unpaired) electrons. The molecule has 1 aromatic rings. The van der Waals surface area contributed by atoms with Crippen LogP contribution in [0.25, 0.3) is 0 Å². The first-order valence-corrected chi connectivity index (χ1v) is 7.94. The van der Waals surface area contributed by atoms with Gasteiger partial charge in [-0.3, -0.25) is 14.9 Å². The van der Waals surface area contributed by atoms with Gasteiger partial charge in [0.05, 0.1) is 17.4 Å². The largest absolute Gasteiger partial charge is 0.469 e. The highest BCUT2D eigenvalue weighted by Crippen LogP contribution is 2.50. The number of carbonyl (C=O) groups is 1. The monoisotopic (exact) mass is 356 g/mol. The number of hydrogen-bond acceptors (Lipinski definition) is 6. The first-order chi connectivity index (χ1) is 11.9. The highest BCUT2D eigenvalue weighted by Gasteiger charge is 2.55. The van der Waals surface area contributed by atoms with Gasteiger partial charge in [-0.2, -0.15) is 8.78 Å². The van der Waals surface area contributed by atoms with E-state index in [-0.39, 0.29) is 11.9 Å². The Morgan fingerprint density at radius 2 is 2.24 bits per heavy atom. The molecule has 0 amide bonds. The van der Waals surface area contributed by atoms with Gasteiger partial charge in [-0.15, -0.1) is 0 Å². The first-order valence-electron chi connectivity index (χ1n) is 7.94. The maximum Gasteiger partial charge on any atom is 0.387 e. The molecular formula is C16H18F2N2O5. The number of rotatable bonds is 5. The van der Waals surface area contributed by atoms with E-state index in [4.69, 9.17) is 4.74 Å². The van der Waals surface area contributed by atoms with E-state index in [1.165, 1.54) is 19.2 Å². The highest BCUT2D eigenvalue weighted by molar-refractivity contribution is 5.80. The van der Waals surface area contributed by atoms with E-state index in [1.807, 2.05) is 4.90 Å². The lowest BCUT2D eigenvalue weighted by Crippen LogP contribution is -2.36. The van der Waals surface area contributed by atoms with Crippen molar-refractivity contribution >= 4 is 17.3 Å². The van der Waals surface area contributed by atoms with Crippen molar-refractivity contribution in [3.05, 3.63) is 28.3 Å². The fraction of sp³-hybridized carbons (Fsp3) is 0.562. The lowest BCUT2D eigenvalue weighted by molar-refractivity contribution is -0.386. The molecule has 1 aliphatic carbocycles. The van der Waals surface area contributed by atoms with Crippen LogP contribution in [0, 0.1) is 21.4 Å². The van der Waals surface area contributed by atoms with Crippen molar-refractivity contribution in [1.29, 1.82) is 0 Å². The van der Waals surface area contributed by atoms with Crippen LogP contribution in [-0.4, -0.2) is 37.7 Å². The Balaban J connectivity index is 1.90. The normalized spacial score (nSPS) is 25.1. The average molecular weight is 356 g/mol. The fourth-order valence-electron chi connectivity index (χ4n) is 4.06. The number of hydrogen-bond donors (Lipinski definition) is 0. The van der Waals surface area contributed by atoms with Gasteiger partial charge in [-0.05, 0) is 24.8 Å². The molecule has 0 aromatic heterocycles. The van der Waals surface area contributed by atoms with Crippen LogP contribution in [0.2, 0.25) is 0 Å². The Kier molecular flexibility index (Phi) is 4.49. The summed E-state index contributed by atoms with van der Waals surface area (Å²) in [5.74, 6) is -0.625. The summed E-state index contributed by atoms with van der Waals surface area (Å²) >= 11 is 0. The van der Waals surface area contributed by atoms with E-state index in [1.54, 1.807) is 0 Å². The topological polar surface area (TPSA) is 81.9 Å². The Hall–Kier alpha value is -2.45. The number of esters is 1. The number of nitro benzene ring substituents is 1. The predicted molar refractivity (Wildman–Crippen MR) is 83.7 cm³/mol. The van der Waals surface area contributed by atoms with Crippen molar-refractivity contribution < 1.29 is 28.0 Å². The van der Waals surface area contributed by atoms with E-state index in [9.17, 15) is 23.7 Å². The third-order valence-electron chi connectivity index (χ3n) is 5.18. The number of anilines is 1. The van der Waals surface area contributed by atoms with E-state index in [0.717, 1.165) is 18.9 Å². The van der Waals surface area contributed by atoms with Crippen LogP contribution in [0.3, 0.4) is 0 Å². The van der Waals surface area contributed by atoms with Crippen molar-refractivity contribution in [3.8, 4) is 5.75 Å². The zero-order valence-corrected chi connectivity index (χ0v) is 13.6. The molecule has 2 unspecified atom stereocenters. The van der Waals surface area contributed by atoms with Crippen molar-refractivity contribution in [2.75, 3.05) is 25.1 Å². The number of ether oxygens (including phenoxy) is 2. The lowest BCUT2D eigenvalue weighted by atomic mass is 9.81. The second kappa shape index (κ2) is 6.45. The molecule has 25 heavy (non-hydrogen) atoms. The standard InChI is InChI=1S/C16H18F2N2O5/c1-24-14(21)16-6-2-3-10(16)8-19(9-16)11-4-5-12(20(22)23)13(7-11)25-15(17)18/h4-5,7,10,15H,2-3,6,8-9H2,1H3. The summed E-state index contributed by atoms with van der Waals surface area (Å²) in [6, 6.07) is 3.87. The molecular weight excluding hydrogens is 338 g/mol. The van der Waals surface area contributed by atoms with E-state index < -0.39 is 28.4 Å². The van der Waals surface area contributed by atoms with Crippen molar-refractivity contribution in [3.63, 3.8) is 0 Å². The zero-order valence-electron chi connectivity index (χ0n) is 13.6. The summed E-state index contributed by atoms with van der Waals surface area (Å²) in [6.07, 6.45) is 2.54. The molecule has 1 aromatic carbocycles. The molecule has 1 saturated carbocycles. The van der Waals surface area contributed by atoms with Crippen LogP contribution in [0.4, 0.5) is 20.2 Å². The van der Waals surface area contributed by atoms with Gasteiger partial charge < -0.3 is 14.4 Å². The van der Waals surface area contributed by atoms with Crippen molar-refractivity contribution in [1.82, 2.24) is 0 Å². The molecule has 1 saturated heterocycles. The minimum absolute atomic E-state index is 0.120. The molecule has 0 spiro atoms. The molecule has 2 fully saturated rings. The molecule has 7 nitrogen and oxygen atoms in total. The SMILES string of the molecule is COC(=O)C12CCCC1CN(c1ccc([N+](=O)[O-])c(OC(F)F)c1)C2. The third kappa shape index (κ3) is 2.98. The predicted octanol–water partition coefficient (Wildman–Crippen LogP) is 2.98. The smallest absolute Gasteiger partial charge is 0.387 e. The summed E-state index contributed by atoms with van der Waals surface area (Å²) in [7, 11) is 1.36. The van der Waals surface area contributed by atoms with Gasteiger partial charge in [0.2, 0.25) is 5.75 Å². The Labute approximate surface area is 142 Å². The number of methoxy groups -OCH3 is 1. The number of carbonyl (C=O) groups excluding carboxylic acids is 1. The number of alkyl halides is 2. The third-order valence-corrected chi connectivity index (χ3v) is 5.18. The maximum atomic E-state index is 12.6. The van der Waals surface area contributed by atoms with Crippen LogP contribution in [0.15, 0.2) is 18.2 Å². The van der Waals surface area contributed by atoms with E-state index in [2.05, 4.69) is 4.74 Å². The molecule has 2 atom stereocenters. The minimum Gasteiger partial charge on any atom is -0.469 e. The first kappa shape index (κ1) is 17.4. The molecule has 1 aliphatic heterocycles. The Morgan fingerprint density at radius 3 is 2.88 bits per heavy atom. The number of fused-ring (bicyclic) bond motifs is 1. The number of benzene rings is 1. The molecule has 136 valence electrons. The van der Waals surface area contributed by atoms with Gasteiger partial charge in [0.1, 0.15) is 0 Å². The number of halogens is 2. The van der Waals surface area contributed by atoms with Gasteiger partial charge in [-0.1, -0.05) is 6.42 Å². The maximum absolute atomic E-state index is 12.6. The van der Waals surface area contributed by atoms with Gasteiger partial charge >= 0.3 is 18.3 Å². The van der Waals surface area contributed by atoms with Gasteiger partial charge in [0.15, 0.2) is 0 Å². The van der Waals surface area contributed by atoms with E-state index in [0.29, 0.717) is 25.2 Å². The summed E-state index contributed by atoms with van der Waals surface area (Å²) in [5, 5.41) is 11.0. The second-order valence-electron chi connectivity index (χ2n) is 6.41. The van der Waals surface area contributed by atoms with Crippen LogP contribution in [0.5, 0.6) is 5.75 Å². The molecule has 0 bridgehead atoms. The highest BCUT2D eigenvalue weighted by atomic mass is 19.3. The fourth-order valence-corrected chi connectivity index (χ4v) is 4.06. The quantitative estimate of drug-likeness (QED) is 0.458. The average Bonchev–Trinajstić information content (AvgIpc) is 3.11. The number of nitro groups is 1. The summed E-state index contributed by atoms with van der Waals surface area (Å²) in [4.78, 5) is 24.4. The van der Waals surface area contributed by atoms with Crippen LogP contribution in [0.1, 0.15) is 19.3 Å². The molecule has 0 N–H and O–H groups in total. The van der Waals surface area contributed by atoms with Crippen molar-refractivity contribution in [2.45, 2.75) is 25.9 Å². The summed E-state index contributed by atoms with van der Waals surface area (Å²) in [5.41, 5.74) is -0.606. The van der Waals surface area contributed by atoms with Crippen LogP contribution >= 0.6 is 0 Å². The molecule has 1 heterocycles. The molecule has 9 heteroatoms. The number of nitrogens with zero attached hydrogens (tertiary/aromatic N) is 2. The Morgan fingerprint density at radius 1 is 1.48 bits per heavy atom. The summed E-state index contributed by atoms with van der Waals surface area (Å²) in [6.45, 7) is -2.19. The van der Waals surface area contributed by atoms with E-state index >= 15 is 0 Å².